The van der Waals surface area contributed by atoms with Gasteiger partial charge in [0.05, 0.1) is 19.2 Å². The number of hydrogen-bond acceptors (Lipinski definition) is 7. The van der Waals surface area contributed by atoms with Crippen LogP contribution in [0.1, 0.15) is 55.0 Å². The zero-order valence-electron chi connectivity index (χ0n) is 25.6. The number of carbonyl (C=O) groups excluding carboxylic acids is 2. The van der Waals surface area contributed by atoms with Gasteiger partial charge in [0.25, 0.3) is 0 Å². The number of aromatic nitrogens is 1. The number of fused-ring (bicyclic) bond motifs is 1. The molecule has 3 aromatic rings. The molecule has 2 aromatic carbocycles. The predicted octanol–water partition coefficient (Wildman–Crippen LogP) is 4.40. The van der Waals surface area contributed by atoms with Crippen LogP contribution in [0.2, 0.25) is 0 Å². The molecule has 0 spiro atoms. The maximum absolute atomic E-state index is 15.0. The molecule has 1 aromatic heterocycles. The first-order valence-corrected chi connectivity index (χ1v) is 15.6. The molecule has 11 heteroatoms. The minimum Gasteiger partial charge on any atom is -0.496 e. The summed E-state index contributed by atoms with van der Waals surface area (Å²) in [6.45, 7) is 2.44. The minimum absolute atomic E-state index is 0.0149. The Morgan fingerprint density at radius 1 is 1.02 bits per heavy atom. The molecule has 3 fully saturated rings. The van der Waals surface area contributed by atoms with Crippen molar-refractivity contribution in [2.75, 3.05) is 19.0 Å². The molecule has 6 rings (SSSR count). The zero-order chi connectivity index (χ0) is 31.5. The molecule has 2 aliphatic heterocycles. The summed E-state index contributed by atoms with van der Waals surface area (Å²) in [5, 5.41) is 6.08. The van der Waals surface area contributed by atoms with Crippen LogP contribution in [0.3, 0.4) is 0 Å². The van der Waals surface area contributed by atoms with Gasteiger partial charge in [-0.2, -0.15) is 0 Å². The van der Waals surface area contributed by atoms with E-state index in [2.05, 4.69) is 32.5 Å². The number of halogens is 2. The van der Waals surface area contributed by atoms with Crippen LogP contribution in [0.5, 0.6) is 5.75 Å². The molecule has 4 N–H and O–H groups in total. The lowest BCUT2D eigenvalue weighted by Gasteiger charge is -2.40. The summed E-state index contributed by atoms with van der Waals surface area (Å²) >= 11 is 0. The Hall–Kier alpha value is -3.93. The lowest BCUT2D eigenvalue weighted by molar-refractivity contribution is -0.128. The molecular formula is C34H40F2N6O3. The third-order valence-electron chi connectivity index (χ3n) is 9.49. The van der Waals surface area contributed by atoms with E-state index in [-0.39, 0.29) is 42.3 Å². The number of pyridine rings is 1. The van der Waals surface area contributed by atoms with Gasteiger partial charge in [-0.15, -0.1) is 0 Å². The maximum Gasteiger partial charge on any atom is 0.241 e. The monoisotopic (exact) mass is 618 g/mol. The second-order valence-electron chi connectivity index (χ2n) is 12.4. The Balaban J connectivity index is 1.15. The molecule has 3 aliphatic rings. The van der Waals surface area contributed by atoms with E-state index in [1.807, 2.05) is 24.1 Å². The first-order valence-electron chi connectivity index (χ1n) is 15.6. The number of aryl methyl sites for hydroxylation is 1. The number of benzene rings is 2. The molecule has 238 valence electrons. The van der Waals surface area contributed by atoms with E-state index in [0.29, 0.717) is 42.4 Å². The largest absolute Gasteiger partial charge is 0.496 e. The molecule has 1 aliphatic carbocycles. The van der Waals surface area contributed by atoms with E-state index in [1.165, 1.54) is 31.4 Å². The molecule has 4 unspecified atom stereocenters. The van der Waals surface area contributed by atoms with Crippen LogP contribution >= 0.6 is 0 Å². The highest BCUT2D eigenvalue weighted by Gasteiger charge is 2.43. The number of carbonyl (C=O) groups is 2. The maximum atomic E-state index is 15.0. The summed E-state index contributed by atoms with van der Waals surface area (Å²) < 4.78 is 34.3. The lowest BCUT2D eigenvalue weighted by atomic mass is 9.74. The highest BCUT2D eigenvalue weighted by atomic mass is 19.1. The Morgan fingerprint density at radius 3 is 2.67 bits per heavy atom. The van der Waals surface area contributed by atoms with Crippen LogP contribution < -0.4 is 26.2 Å². The van der Waals surface area contributed by atoms with E-state index in [4.69, 9.17) is 4.74 Å². The van der Waals surface area contributed by atoms with Gasteiger partial charge < -0.3 is 15.4 Å². The summed E-state index contributed by atoms with van der Waals surface area (Å²) in [6.07, 6.45) is 5.27. The fraction of sp³-hybridized carbons (Fsp3) is 0.441. The summed E-state index contributed by atoms with van der Waals surface area (Å²) in [6, 6.07) is 14.1. The molecule has 2 saturated heterocycles. The molecule has 9 nitrogen and oxygen atoms in total. The summed E-state index contributed by atoms with van der Waals surface area (Å²) in [4.78, 5) is 33.4. The Labute approximate surface area is 262 Å². The molecular weight excluding hydrogens is 578 g/mol. The number of hydrogen-bond donors (Lipinski definition) is 4. The van der Waals surface area contributed by atoms with Crippen molar-refractivity contribution in [3.63, 3.8) is 0 Å². The van der Waals surface area contributed by atoms with E-state index < -0.39 is 17.7 Å². The van der Waals surface area contributed by atoms with Crippen molar-refractivity contribution in [3.05, 3.63) is 89.2 Å². The van der Waals surface area contributed by atoms with Gasteiger partial charge in [0, 0.05) is 54.2 Å². The normalized spacial score (nSPS) is 26.6. The Morgan fingerprint density at radius 2 is 1.87 bits per heavy atom. The number of anilines is 1. The minimum atomic E-state index is -0.610. The molecule has 3 heterocycles. The van der Waals surface area contributed by atoms with Crippen LogP contribution in [0.4, 0.5) is 14.5 Å². The summed E-state index contributed by atoms with van der Waals surface area (Å²) in [5.74, 6) is -0.651. The lowest BCUT2D eigenvalue weighted by Crippen LogP contribution is -2.56. The highest BCUT2D eigenvalue weighted by Crippen LogP contribution is 2.40. The first-order chi connectivity index (χ1) is 21.8. The van der Waals surface area contributed by atoms with Crippen molar-refractivity contribution in [2.24, 2.45) is 11.8 Å². The van der Waals surface area contributed by atoms with Gasteiger partial charge in [-0.1, -0.05) is 12.1 Å². The highest BCUT2D eigenvalue weighted by molar-refractivity contribution is 5.95. The smallest absolute Gasteiger partial charge is 0.241 e. The van der Waals surface area contributed by atoms with Gasteiger partial charge in [-0.25, -0.2) is 14.2 Å². The van der Waals surface area contributed by atoms with Crippen molar-refractivity contribution >= 4 is 17.5 Å². The van der Waals surface area contributed by atoms with Gasteiger partial charge >= 0.3 is 0 Å². The molecule has 2 amide bonds. The number of likely N-dealkylation sites (tertiary alicyclic amines) is 1. The molecule has 0 radical (unpaired) electrons. The van der Waals surface area contributed by atoms with E-state index in [9.17, 15) is 14.0 Å². The van der Waals surface area contributed by atoms with Gasteiger partial charge in [0.1, 0.15) is 17.4 Å². The van der Waals surface area contributed by atoms with Crippen LogP contribution in [0.15, 0.2) is 60.8 Å². The topological polar surface area (TPSA) is 108 Å². The van der Waals surface area contributed by atoms with Crippen LogP contribution in [-0.2, 0) is 16.1 Å². The Bertz CT molecular complexity index is 1540. The first kappa shape index (κ1) is 31.1. The van der Waals surface area contributed by atoms with E-state index in [1.54, 1.807) is 18.2 Å². The summed E-state index contributed by atoms with van der Waals surface area (Å²) in [5.41, 5.74) is 9.70. The second-order valence-corrected chi connectivity index (χ2v) is 12.4. The van der Waals surface area contributed by atoms with E-state index >= 15 is 4.39 Å². The quantitative estimate of drug-likeness (QED) is 0.297. The predicted molar refractivity (Wildman–Crippen MR) is 166 cm³/mol. The molecule has 1 saturated carbocycles. The van der Waals surface area contributed by atoms with Crippen molar-refractivity contribution in [1.82, 2.24) is 26.1 Å². The van der Waals surface area contributed by atoms with Crippen molar-refractivity contribution in [1.29, 1.82) is 0 Å². The number of ether oxygens (including phenoxy) is 1. The number of rotatable bonds is 8. The van der Waals surface area contributed by atoms with Crippen LogP contribution in [0.25, 0.3) is 0 Å². The third kappa shape index (κ3) is 7.00. The van der Waals surface area contributed by atoms with Gasteiger partial charge in [0.15, 0.2) is 0 Å². The average Bonchev–Trinajstić information content (AvgIpc) is 3.45. The number of hydrazine groups is 1. The number of nitrogens with one attached hydrogen (secondary N) is 4. The third-order valence-corrected chi connectivity index (χ3v) is 9.49. The molecule has 45 heavy (non-hydrogen) atoms. The number of nitrogens with zero attached hydrogens (tertiary/aromatic N) is 2. The van der Waals surface area contributed by atoms with Crippen LogP contribution in [0, 0.1) is 30.4 Å². The Kier molecular flexibility index (Phi) is 9.39. The number of piperidine rings is 1. The number of amides is 2. The van der Waals surface area contributed by atoms with Crippen molar-refractivity contribution < 1.29 is 23.1 Å². The fourth-order valence-corrected chi connectivity index (χ4v) is 7.22. The van der Waals surface area contributed by atoms with Gasteiger partial charge in [-0.05, 0) is 93.0 Å². The zero-order valence-corrected chi connectivity index (χ0v) is 25.6. The fourth-order valence-electron chi connectivity index (χ4n) is 7.22. The SMILES string of the molecule is COc1cccc(F)c1CN1C[C@H](NC(=O)C2CCC3NNC(c4ccnc(C)c4)C3C2)CC[C@H]1C(=O)Nc1cccc(F)c1. The van der Waals surface area contributed by atoms with Crippen molar-refractivity contribution in [3.8, 4) is 5.75 Å². The standard InChI is InChI=1S/C34H40F2N6O3/c1-20-15-21(13-14-37-20)32-26-16-22(9-11-29(26)40-41-32)33(43)39-25-10-12-30(34(44)38-24-6-3-5-23(35)17-24)42(18-25)19-27-28(36)7-4-8-31(27)45-2/h3-8,13-15,17,22,25-26,29-30,32,40-41H,9-12,16,18-19H2,1-2H3,(H,38,44)(H,39,43)/t22?,25-,26?,29?,30+,32?/m1/s1. The summed E-state index contributed by atoms with van der Waals surface area (Å²) in [7, 11) is 1.48. The average molecular weight is 619 g/mol. The molecule has 0 bridgehead atoms. The van der Waals surface area contributed by atoms with Gasteiger partial charge in [-0.3, -0.25) is 24.9 Å². The molecule has 6 atom stereocenters. The van der Waals surface area contributed by atoms with Crippen LogP contribution in [-0.4, -0.2) is 53.5 Å². The second kappa shape index (κ2) is 13.6. The van der Waals surface area contributed by atoms with E-state index in [0.717, 1.165) is 30.5 Å². The van der Waals surface area contributed by atoms with Crippen molar-refractivity contribution in [2.45, 2.75) is 69.7 Å². The number of methoxy groups -OCH3 is 1. The van der Waals surface area contributed by atoms with Gasteiger partial charge in [0.2, 0.25) is 11.8 Å².